The molecule has 0 spiro atoms. The van der Waals surface area contributed by atoms with Gasteiger partial charge in [0.15, 0.2) is 5.76 Å². The maximum Gasteiger partial charge on any atom is 0.290 e. The van der Waals surface area contributed by atoms with Gasteiger partial charge in [-0.15, -0.1) is 11.3 Å². The lowest BCUT2D eigenvalue weighted by atomic mass is 9.99. The molecule has 0 aliphatic carbocycles. The fourth-order valence-electron chi connectivity index (χ4n) is 4.19. The van der Waals surface area contributed by atoms with Crippen molar-refractivity contribution in [1.82, 2.24) is 9.88 Å². The fraction of sp³-hybridized carbons (Fsp3) is 0.148. The molecular formula is C27H21FN2O4S. The predicted molar refractivity (Wildman–Crippen MR) is 130 cm³/mol. The SMILES string of the molecule is Cc1nc(-c2ccccc2)sc1C(=O)C1=C(O)C(=O)N(CCc2ccc(F)cc2)C1c1ccco1. The number of benzene rings is 2. The minimum Gasteiger partial charge on any atom is -0.503 e. The Morgan fingerprint density at radius 3 is 2.54 bits per heavy atom. The molecular weight excluding hydrogens is 467 g/mol. The Hall–Kier alpha value is -4.04. The van der Waals surface area contributed by atoms with Crippen LogP contribution in [0.5, 0.6) is 0 Å². The van der Waals surface area contributed by atoms with Gasteiger partial charge in [-0.05, 0) is 43.2 Å². The number of carbonyl (C=O) groups excluding carboxylic acids is 2. The van der Waals surface area contributed by atoms with E-state index in [0.29, 0.717) is 27.8 Å². The van der Waals surface area contributed by atoms with Gasteiger partial charge in [0.25, 0.3) is 5.91 Å². The van der Waals surface area contributed by atoms with E-state index in [1.807, 2.05) is 30.3 Å². The van der Waals surface area contributed by atoms with Crippen LogP contribution in [0.15, 0.2) is 88.7 Å². The molecule has 176 valence electrons. The number of ketones is 1. The third kappa shape index (κ3) is 4.28. The molecule has 1 N–H and O–H groups in total. The fourth-order valence-corrected chi connectivity index (χ4v) is 5.22. The molecule has 0 bridgehead atoms. The summed E-state index contributed by atoms with van der Waals surface area (Å²) >= 11 is 1.22. The van der Waals surface area contributed by atoms with Crippen LogP contribution in [0.4, 0.5) is 4.39 Å². The second-order valence-electron chi connectivity index (χ2n) is 8.18. The van der Waals surface area contributed by atoms with Gasteiger partial charge in [-0.3, -0.25) is 9.59 Å². The van der Waals surface area contributed by atoms with Crippen molar-refractivity contribution in [3.63, 3.8) is 0 Å². The van der Waals surface area contributed by atoms with E-state index in [1.54, 1.807) is 31.2 Å². The molecule has 1 amide bonds. The first kappa shape index (κ1) is 22.7. The van der Waals surface area contributed by atoms with Gasteiger partial charge in [0.1, 0.15) is 22.6 Å². The second kappa shape index (κ2) is 9.31. The number of furan rings is 1. The van der Waals surface area contributed by atoms with Gasteiger partial charge in [0.2, 0.25) is 5.78 Å². The lowest BCUT2D eigenvalue weighted by Crippen LogP contribution is -2.32. The minimum absolute atomic E-state index is 0.0320. The summed E-state index contributed by atoms with van der Waals surface area (Å²) in [5.41, 5.74) is 2.19. The lowest BCUT2D eigenvalue weighted by Gasteiger charge is -2.24. The Kier molecular flexibility index (Phi) is 6.05. The summed E-state index contributed by atoms with van der Waals surface area (Å²) in [6.07, 6.45) is 1.87. The molecule has 2 aromatic heterocycles. The van der Waals surface area contributed by atoms with Crippen LogP contribution in [0.2, 0.25) is 0 Å². The number of nitrogens with zero attached hydrogens (tertiary/aromatic N) is 2. The van der Waals surface area contributed by atoms with Gasteiger partial charge in [-0.2, -0.15) is 0 Å². The maximum absolute atomic E-state index is 13.7. The first-order valence-electron chi connectivity index (χ1n) is 11.0. The molecule has 1 unspecified atom stereocenters. The Bertz CT molecular complexity index is 1410. The zero-order valence-corrected chi connectivity index (χ0v) is 19.6. The number of hydrogen-bond donors (Lipinski definition) is 1. The van der Waals surface area contributed by atoms with Crippen molar-refractivity contribution >= 4 is 23.0 Å². The zero-order valence-electron chi connectivity index (χ0n) is 18.8. The average molecular weight is 489 g/mol. The second-order valence-corrected chi connectivity index (χ2v) is 9.18. The van der Waals surface area contributed by atoms with Crippen molar-refractivity contribution in [1.29, 1.82) is 0 Å². The van der Waals surface area contributed by atoms with Crippen LogP contribution in [0.1, 0.15) is 32.7 Å². The highest BCUT2D eigenvalue weighted by atomic mass is 32.1. The standard InChI is InChI=1S/C27H21FN2O4S/c1-16-25(35-26(29-16)18-6-3-2-4-7-18)23(31)21-22(20-8-5-15-34-20)30(27(33)24(21)32)14-13-17-9-11-19(28)12-10-17/h2-12,15,22,32H,13-14H2,1H3. The van der Waals surface area contributed by atoms with Crippen molar-refractivity contribution in [2.45, 2.75) is 19.4 Å². The molecule has 1 aliphatic heterocycles. The highest BCUT2D eigenvalue weighted by Crippen LogP contribution is 2.41. The zero-order chi connectivity index (χ0) is 24.5. The van der Waals surface area contributed by atoms with E-state index in [-0.39, 0.29) is 17.9 Å². The summed E-state index contributed by atoms with van der Waals surface area (Å²) in [6, 6.07) is 17.9. The topological polar surface area (TPSA) is 83.6 Å². The molecule has 4 aromatic rings. The third-order valence-corrected chi connectivity index (χ3v) is 7.14. The normalized spacial score (nSPS) is 15.8. The van der Waals surface area contributed by atoms with Gasteiger partial charge in [-0.25, -0.2) is 9.37 Å². The van der Waals surface area contributed by atoms with Crippen molar-refractivity contribution in [3.8, 4) is 10.6 Å². The Morgan fingerprint density at radius 2 is 1.86 bits per heavy atom. The van der Waals surface area contributed by atoms with Crippen LogP contribution in [-0.2, 0) is 11.2 Å². The molecule has 35 heavy (non-hydrogen) atoms. The van der Waals surface area contributed by atoms with Crippen molar-refractivity contribution in [2.24, 2.45) is 0 Å². The van der Waals surface area contributed by atoms with E-state index in [1.165, 1.54) is 34.6 Å². The van der Waals surface area contributed by atoms with Gasteiger partial charge in [-0.1, -0.05) is 42.5 Å². The predicted octanol–water partition coefficient (Wildman–Crippen LogP) is 5.67. The quantitative estimate of drug-likeness (QED) is 0.339. The van der Waals surface area contributed by atoms with E-state index in [0.717, 1.165) is 11.1 Å². The number of aliphatic hydroxyl groups is 1. The summed E-state index contributed by atoms with van der Waals surface area (Å²) in [5.74, 6) is -1.68. The highest BCUT2D eigenvalue weighted by Gasteiger charge is 2.45. The van der Waals surface area contributed by atoms with Crippen LogP contribution >= 0.6 is 11.3 Å². The van der Waals surface area contributed by atoms with Gasteiger partial charge in [0, 0.05) is 12.1 Å². The first-order valence-corrected chi connectivity index (χ1v) is 11.8. The molecule has 0 fully saturated rings. The number of aryl methyl sites for hydroxylation is 1. The van der Waals surface area contributed by atoms with Crippen molar-refractivity contribution < 1.29 is 23.5 Å². The first-order chi connectivity index (χ1) is 16.9. The number of hydrogen-bond acceptors (Lipinski definition) is 6. The molecule has 5 rings (SSSR count). The lowest BCUT2D eigenvalue weighted by molar-refractivity contribution is -0.129. The number of aromatic nitrogens is 1. The number of thiazole rings is 1. The summed E-state index contributed by atoms with van der Waals surface area (Å²) < 4.78 is 18.9. The number of aliphatic hydroxyl groups excluding tert-OH is 1. The molecule has 0 saturated carbocycles. The number of carbonyl (C=O) groups is 2. The van der Waals surface area contributed by atoms with Crippen LogP contribution in [0, 0.1) is 12.7 Å². The summed E-state index contributed by atoms with van der Waals surface area (Å²) in [4.78, 5) is 33.1. The van der Waals surface area contributed by atoms with E-state index in [2.05, 4.69) is 4.98 Å². The van der Waals surface area contributed by atoms with E-state index < -0.39 is 23.5 Å². The maximum atomic E-state index is 13.7. The summed E-state index contributed by atoms with van der Waals surface area (Å²) in [6.45, 7) is 1.94. The van der Waals surface area contributed by atoms with Crippen LogP contribution in [0.3, 0.4) is 0 Å². The number of halogens is 1. The molecule has 1 aliphatic rings. The highest BCUT2D eigenvalue weighted by molar-refractivity contribution is 7.17. The molecule has 6 nitrogen and oxygen atoms in total. The number of amides is 1. The summed E-state index contributed by atoms with van der Waals surface area (Å²) in [7, 11) is 0. The molecule has 0 radical (unpaired) electrons. The Labute approximate surface area is 205 Å². The number of Topliss-reactive ketones (excluding diaryl/α,β-unsaturated/α-hetero) is 1. The summed E-state index contributed by atoms with van der Waals surface area (Å²) in [5, 5.41) is 11.5. The van der Waals surface area contributed by atoms with E-state index >= 15 is 0 Å². The van der Waals surface area contributed by atoms with Gasteiger partial charge >= 0.3 is 0 Å². The smallest absolute Gasteiger partial charge is 0.290 e. The molecule has 8 heteroatoms. The molecule has 1 atom stereocenters. The Morgan fingerprint density at radius 1 is 1.11 bits per heavy atom. The van der Waals surface area contributed by atoms with Crippen molar-refractivity contribution in [2.75, 3.05) is 6.54 Å². The molecule has 3 heterocycles. The van der Waals surface area contributed by atoms with E-state index in [4.69, 9.17) is 4.42 Å². The van der Waals surface area contributed by atoms with Crippen LogP contribution < -0.4 is 0 Å². The molecule has 2 aromatic carbocycles. The third-order valence-electron chi connectivity index (χ3n) is 5.94. The average Bonchev–Trinajstić information content (AvgIpc) is 3.59. The van der Waals surface area contributed by atoms with Gasteiger partial charge < -0.3 is 14.4 Å². The van der Waals surface area contributed by atoms with Crippen LogP contribution in [-0.4, -0.2) is 33.2 Å². The Balaban J connectivity index is 1.48. The monoisotopic (exact) mass is 488 g/mol. The van der Waals surface area contributed by atoms with Crippen LogP contribution in [0.25, 0.3) is 10.6 Å². The number of rotatable bonds is 7. The van der Waals surface area contributed by atoms with Gasteiger partial charge in [0.05, 0.1) is 22.4 Å². The van der Waals surface area contributed by atoms with Crippen molar-refractivity contribution in [3.05, 3.63) is 112 Å². The largest absolute Gasteiger partial charge is 0.503 e. The minimum atomic E-state index is -0.882. The van der Waals surface area contributed by atoms with E-state index in [9.17, 15) is 19.1 Å². The molecule has 0 saturated heterocycles.